The zero-order valence-corrected chi connectivity index (χ0v) is 22.6. The Bertz CT molecular complexity index is 957. The molecule has 0 amide bonds. The quantitative estimate of drug-likeness (QED) is 0.259. The summed E-state index contributed by atoms with van der Waals surface area (Å²) in [7, 11) is 0. The van der Waals surface area contributed by atoms with Gasteiger partial charge in [-0.25, -0.2) is 4.99 Å². The summed E-state index contributed by atoms with van der Waals surface area (Å²) in [5.41, 5.74) is 3.33. The van der Waals surface area contributed by atoms with E-state index < -0.39 is 0 Å². The molecule has 0 saturated carbocycles. The van der Waals surface area contributed by atoms with Gasteiger partial charge in [0.15, 0.2) is 0 Å². The van der Waals surface area contributed by atoms with Crippen LogP contribution in [0.4, 0.5) is 5.00 Å². The third-order valence-electron chi connectivity index (χ3n) is 5.29. The van der Waals surface area contributed by atoms with Crippen molar-refractivity contribution in [3.05, 3.63) is 40.8 Å². The Kier molecular flexibility index (Phi) is 7.32. The molecule has 6 heteroatoms. The number of fused-ring (bicyclic) bond motifs is 1. The van der Waals surface area contributed by atoms with Crippen LogP contribution in [0.25, 0.3) is 0 Å². The zero-order chi connectivity index (χ0) is 21.3. The lowest BCUT2D eigenvalue weighted by Gasteiger charge is -2.33. The molecule has 0 bridgehead atoms. The minimum absolute atomic E-state index is 0.143. The van der Waals surface area contributed by atoms with Crippen LogP contribution in [0.3, 0.4) is 0 Å². The predicted octanol–water partition coefficient (Wildman–Crippen LogP) is 7.52. The van der Waals surface area contributed by atoms with E-state index in [9.17, 15) is 5.26 Å². The van der Waals surface area contributed by atoms with Gasteiger partial charge in [0.2, 0.25) is 0 Å². The molecule has 0 unspecified atom stereocenters. The van der Waals surface area contributed by atoms with Crippen molar-refractivity contribution in [3.63, 3.8) is 0 Å². The van der Waals surface area contributed by atoms with E-state index >= 15 is 0 Å². The summed E-state index contributed by atoms with van der Waals surface area (Å²) >= 11 is 6.32. The number of halogens is 2. The SMILES string of the molecule is CC(C)Oc1c(I)cc(C=Nc2sc3c(c2C#N)CC[C@@H](C(C)(C)C)C3)cc1I. The van der Waals surface area contributed by atoms with E-state index in [1.165, 1.54) is 10.4 Å². The van der Waals surface area contributed by atoms with Gasteiger partial charge >= 0.3 is 0 Å². The molecule has 0 saturated heterocycles. The number of nitrogens with zero attached hydrogens (tertiary/aromatic N) is 2. The van der Waals surface area contributed by atoms with Crippen molar-refractivity contribution in [1.29, 1.82) is 5.26 Å². The highest BCUT2D eigenvalue weighted by atomic mass is 127. The van der Waals surface area contributed by atoms with Crippen LogP contribution in [0.1, 0.15) is 62.6 Å². The van der Waals surface area contributed by atoms with Crippen LogP contribution in [0, 0.1) is 29.8 Å². The molecular weight excluding hydrogens is 606 g/mol. The minimum atomic E-state index is 0.143. The second-order valence-corrected chi connectivity index (χ2v) is 12.2. The van der Waals surface area contributed by atoms with E-state index in [2.05, 4.69) is 84.2 Å². The van der Waals surface area contributed by atoms with Crippen LogP contribution >= 0.6 is 56.5 Å². The molecule has 0 spiro atoms. The fourth-order valence-electron chi connectivity index (χ4n) is 3.65. The standard InChI is InChI=1S/C23H26I2N2OS/c1-13(2)28-21-18(24)8-14(9-19(21)25)12-27-22-17(11-26)16-7-6-15(23(3,4)5)10-20(16)29-22/h8-9,12-13,15H,6-7,10H2,1-5H3/t15-/m1/s1. The van der Waals surface area contributed by atoms with Crippen LogP contribution in [-0.4, -0.2) is 12.3 Å². The molecule has 1 aromatic carbocycles. The third kappa shape index (κ3) is 5.34. The Hall–Kier alpha value is -0.660. The number of benzene rings is 1. The van der Waals surface area contributed by atoms with Crippen molar-refractivity contribution in [2.45, 2.75) is 60.0 Å². The first-order valence-electron chi connectivity index (χ1n) is 9.84. The normalized spacial score (nSPS) is 16.9. The highest BCUT2D eigenvalue weighted by Gasteiger charge is 2.32. The first-order valence-corrected chi connectivity index (χ1v) is 12.8. The fraction of sp³-hybridized carbons (Fsp3) is 0.478. The minimum Gasteiger partial charge on any atom is -0.489 e. The molecule has 0 aliphatic heterocycles. The topological polar surface area (TPSA) is 45.4 Å². The summed E-state index contributed by atoms with van der Waals surface area (Å²) in [5, 5.41) is 10.6. The fourth-order valence-corrected chi connectivity index (χ4v) is 6.94. The molecule has 3 rings (SSSR count). The van der Waals surface area contributed by atoms with Crippen molar-refractivity contribution in [1.82, 2.24) is 0 Å². The third-order valence-corrected chi connectivity index (χ3v) is 8.05. The summed E-state index contributed by atoms with van der Waals surface area (Å²) in [4.78, 5) is 6.09. The number of hydrogen-bond acceptors (Lipinski definition) is 4. The predicted molar refractivity (Wildman–Crippen MR) is 139 cm³/mol. The Balaban J connectivity index is 1.89. The molecule has 3 nitrogen and oxygen atoms in total. The molecule has 0 N–H and O–H groups in total. The molecule has 154 valence electrons. The van der Waals surface area contributed by atoms with Crippen LogP contribution in [0.15, 0.2) is 17.1 Å². The van der Waals surface area contributed by atoms with Crippen LogP contribution < -0.4 is 4.74 Å². The second-order valence-electron chi connectivity index (χ2n) is 8.84. The summed E-state index contributed by atoms with van der Waals surface area (Å²) < 4.78 is 8.07. The second kappa shape index (κ2) is 9.23. The van der Waals surface area contributed by atoms with E-state index in [0.717, 1.165) is 48.3 Å². The van der Waals surface area contributed by atoms with Crippen LogP contribution in [-0.2, 0) is 12.8 Å². The van der Waals surface area contributed by atoms with E-state index in [0.29, 0.717) is 11.3 Å². The Morgan fingerprint density at radius 2 is 1.93 bits per heavy atom. The van der Waals surface area contributed by atoms with E-state index in [1.54, 1.807) is 11.3 Å². The molecule has 2 aromatic rings. The molecule has 0 fully saturated rings. The number of thiophene rings is 1. The van der Waals surface area contributed by atoms with Gasteiger partial charge in [0.05, 0.1) is 18.8 Å². The molecule has 29 heavy (non-hydrogen) atoms. The van der Waals surface area contributed by atoms with Gasteiger partial charge in [0.1, 0.15) is 16.8 Å². The number of rotatable bonds is 4. The van der Waals surface area contributed by atoms with Crippen LogP contribution in [0.2, 0.25) is 0 Å². The summed E-state index contributed by atoms with van der Waals surface area (Å²) in [6.45, 7) is 11.0. The van der Waals surface area contributed by atoms with Crippen molar-refractivity contribution in [2.24, 2.45) is 16.3 Å². The van der Waals surface area contributed by atoms with Crippen molar-refractivity contribution >= 4 is 67.7 Å². The Morgan fingerprint density at radius 1 is 1.28 bits per heavy atom. The number of hydrogen-bond donors (Lipinski definition) is 0. The van der Waals surface area contributed by atoms with Gasteiger partial charge in [0, 0.05) is 11.1 Å². The van der Waals surface area contributed by atoms with Gasteiger partial charge in [-0.1, -0.05) is 20.8 Å². The van der Waals surface area contributed by atoms with Crippen molar-refractivity contribution in [3.8, 4) is 11.8 Å². The lowest BCUT2D eigenvalue weighted by molar-refractivity contribution is 0.218. The summed E-state index contributed by atoms with van der Waals surface area (Å²) in [6.07, 6.45) is 5.22. The van der Waals surface area contributed by atoms with Gasteiger partial charge in [0.25, 0.3) is 0 Å². The number of ether oxygens (including phenoxy) is 1. The van der Waals surface area contributed by atoms with Crippen molar-refractivity contribution < 1.29 is 4.74 Å². The lowest BCUT2D eigenvalue weighted by Crippen LogP contribution is -2.26. The van der Waals surface area contributed by atoms with Gasteiger partial charge in [-0.2, -0.15) is 5.26 Å². The largest absolute Gasteiger partial charge is 0.489 e. The monoisotopic (exact) mass is 632 g/mol. The molecule has 0 radical (unpaired) electrons. The highest BCUT2D eigenvalue weighted by Crippen LogP contribution is 2.45. The van der Waals surface area contributed by atoms with E-state index in [1.807, 2.05) is 20.1 Å². The van der Waals surface area contributed by atoms with Crippen LogP contribution in [0.5, 0.6) is 5.75 Å². The Morgan fingerprint density at radius 3 is 2.48 bits per heavy atom. The van der Waals surface area contributed by atoms with Gasteiger partial charge in [-0.3, -0.25) is 0 Å². The van der Waals surface area contributed by atoms with Gasteiger partial charge in [-0.15, -0.1) is 11.3 Å². The van der Waals surface area contributed by atoms with Crippen molar-refractivity contribution in [2.75, 3.05) is 0 Å². The van der Waals surface area contributed by atoms with E-state index in [4.69, 9.17) is 9.73 Å². The molecule has 1 heterocycles. The summed E-state index contributed by atoms with van der Waals surface area (Å²) in [6, 6.07) is 6.59. The van der Waals surface area contributed by atoms with Gasteiger partial charge in [-0.05, 0) is 113 Å². The summed E-state index contributed by atoms with van der Waals surface area (Å²) in [5.74, 6) is 1.59. The number of nitriles is 1. The average molecular weight is 632 g/mol. The maximum atomic E-state index is 9.76. The molecule has 1 atom stereocenters. The van der Waals surface area contributed by atoms with E-state index in [-0.39, 0.29) is 6.10 Å². The molecular formula is C23H26I2N2OS. The first kappa shape index (κ1) is 23.0. The average Bonchev–Trinajstić information content (AvgIpc) is 2.98. The molecule has 1 aromatic heterocycles. The maximum Gasteiger partial charge on any atom is 0.146 e. The molecule has 1 aliphatic carbocycles. The number of aliphatic imine (C=N–C) groups is 1. The smallest absolute Gasteiger partial charge is 0.146 e. The van der Waals surface area contributed by atoms with Gasteiger partial charge < -0.3 is 4.74 Å². The maximum absolute atomic E-state index is 9.76. The lowest BCUT2D eigenvalue weighted by atomic mass is 9.72. The molecule has 1 aliphatic rings. The zero-order valence-electron chi connectivity index (χ0n) is 17.5. The first-order chi connectivity index (χ1) is 13.6. The Labute approximate surface area is 205 Å². The highest BCUT2D eigenvalue weighted by molar-refractivity contribution is 14.1.